The summed E-state index contributed by atoms with van der Waals surface area (Å²) in [7, 11) is 0. The largest absolute Gasteiger partial charge is 0.416 e. The lowest BCUT2D eigenvalue weighted by Crippen LogP contribution is -2.44. The summed E-state index contributed by atoms with van der Waals surface area (Å²) in [5.74, 6) is 0.566. The Bertz CT molecular complexity index is 1160. The molecule has 2 aromatic carbocycles. The molecule has 0 radical (unpaired) electrons. The lowest BCUT2D eigenvalue weighted by molar-refractivity contribution is -0.137. The summed E-state index contributed by atoms with van der Waals surface area (Å²) < 4.78 is 39.4. The molecule has 35 heavy (non-hydrogen) atoms. The first kappa shape index (κ1) is 25.2. The first-order chi connectivity index (χ1) is 16.7. The standard InChI is InChI=1S/C26H26BrF3N4O/c1-18(35)34(15-10-19-2-8-22(27)9-3-19)24-11-13-33(14-12-24)17-23-16-31-25(32-23)20-4-6-21(7-5-20)26(28,29)30/h2-10,15-16,24H,11-14,17H2,1H3,(H,31,32)/b15-10+. The van der Waals surface area contributed by atoms with E-state index >= 15 is 0 Å². The molecule has 5 nitrogen and oxygen atoms in total. The van der Waals surface area contributed by atoms with Crippen LogP contribution in [0.1, 0.15) is 36.6 Å². The van der Waals surface area contributed by atoms with Gasteiger partial charge in [0.05, 0.1) is 5.56 Å². The SMILES string of the molecule is CC(=O)N(/C=C/c1ccc(Br)cc1)C1CCN(Cc2cnc(-c3ccc(C(F)(F)F)cc3)[nH]2)CC1. The molecule has 1 N–H and O–H groups in total. The number of carbonyl (C=O) groups is 1. The molecule has 0 saturated carbocycles. The average Bonchev–Trinajstić information content (AvgIpc) is 3.29. The van der Waals surface area contributed by atoms with E-state index in [2.05, 4.69) is 30.8 Å². The molecular formula is C26H26BrF3N4O. The highest BCUT2D eigenvalue weighted by molar-refractivity contribution is 9.10. The van der Waals surface area contributed by atoms with Crippen molar-refractivity contribution in [2.75, 3.05) is 13.1 Å². The van der Waals surface area contributed by atoms with Crippen LogP contribution < -0.4 is 0 Å². The van der Waals surface area contributed by atoms with Crippen molar-refractivity contribution in [1.29, 1.82) is 0 Å². The van der Waals surface area contributed by atoms with Crippen LogP contribution in [0.3, 0.4) is 0 Å². The van der Waals surface area contributed by atoms with Crippen LogP contribution in [0.4, 0.5) is 13.2 Å². The normalized spacial score (nSPS) is 15.6. The Kier molecular flexibility index (Phi) is 7.76. The number of imidazole rings is 1. The van der Waals surface area contributed by atoms with Gasteiger partial charge in [-0.15, -0.1) is 0 Å². The fourth-order valence-corrected chi connectivity index (χ4v) is 4.49. The van der Waals surface area contributed by atoms with Crippen LogP contribution in [0.2, 0.25) is 0 Å². The number of alkyl halides is 3. The van der Waals surface area contributed by atoms with Crippen molar-refractivity contribution >= 4 is 27.9 Å². The summed E-state index contributed by atoms with van der Waals surface area (Å²) in [6, 6.07) is 13.0. The van der Waals surface area contributed by atoms with Crippen LogP contribution in [0.25, 0.3) is 17.5 Å². The lowest BCUT2D eigenvalue weighted by atomic mass is 10.0. The fourth-order valence-electron chi connectivity index (χ4n) is 4.22. The Labute approximate surface area is 210 Å². The van der Waals surface area contributed by atoms with Crippen molar-refractivity contribution in [3.05, 3.63) is 82.2 Å². The number of halogens is 4. The minimum absolute atomic E-state index is 0.0200. The minimum atomic E-state index is -4.36. The molecule has 1 aliphatic rings. The zero-order valence-electron chi connectivity index (χ0n) is 19.2. The lowest BCUT2D eigenvalue weighted by Gasteiger charge is -2.36. The molecule has 4 rings (SSSR count). The molecule has 2 heterocycles. The molecule has 1 fully saturated rings. The Hall–Kier alpha value is -2.91. The van der Waals surface area contributed by atoms with Gasteiger partial charge >= 0.3 is 6.18 Å². The number of hydrogen-bond acceptors (Lipinski definition) is 3. The van der Waals surface area contributed by atoms with Crippen molar-refractivity contribution < 1.29 is 18.0 Å². The highest BCUT2D eigenvalue weighted by atomic mass is 79.9. The van der Waals surface area contributed by atoms with E-state index in [0.717, 1.165) is 53.8 Å². The molecule has 1 aromatic heterocycles. The molecule has 0 spiro atoms. The van der Waals surface area contributed by atoms with Crippen LogP contribution in [-0.2, 0) is 17.5 Å². The van der Waals surface area contributed by atoms with Gasteiger partial charge in [-0.3, -0.25) is 9.69 Å². The molecule has 0 unspecified atom stereocenters. The summed E-state index contributed by atoms with van der Waals surface area (Å²) in [5.41, 5.74) is 1.86. The predicted molar refractivity (Wildman–Crippen MR) is 133 cm³/mol. The van der Waals surface area contributed by atoms with Crippen molar-refractivity contribution in [3.8, 4) is 11.4 Å². The second kappa shape index (κ2) is 10.8. The van der Waals surface area contributed by atoms with Gasteiger partial charge in [-0.25, -0.2) is 4.98 Å². The molecule has 1 saturated heterocycles. The molecular weight excluding hydrogens is 521 g/mol. The Balaban J connectivity index is 1.33. The summed E-state index contributed by atoms with van der Waals surface area (Å²) in [6.45, 7) is 3.91. The van der Waals surface area contributed by atoms with Gasteiger partial charge in [-0.1, -0.05) is 40.2 Å². The Morgan fingerprint density at radius 3 is 2.40 bits per heavy atom. The van der Waals surface area contributed by atoms with Gasteiger partial charge in [-0.2, -0.15) is 13.2 Å². The number of aromatic amines is 1. The third-order valence-electron chi connectivity index (χ3n) is 6.12. The van der Waals surface area contributed by atoms with Gasteiger partial charge in [0, 0.05) is 60.7 Å². The predicted octanol–water partition coefficient (Wildman–Crippen LogP) is 6.34. The summed E-state index contributed by atoms with van der Waals surface area (Å²) in [6.07, 6.45) is 2.90. The van der Waals surface area contributed by atoms with Crippen molar-refractivity contribution in [3.63, 3.8) is 0 Å². The van der Waals surface area contributed by atoms with Crippen LogP contribution >= 0.6 is 15.9 Å². The average molecular weight is 547 g/mol. The highest BCUT2D eigenvalue weighted by Gasteiger charge is 2.30. The smallest absolute Gasteiger partial charge is 0.341 e. The number of hydrogen-bond donors (Lipinski definition) is 1. The first-order valence-corrected chi connectivity index (χ1v) is 12.1. The van der Waals surface area contributed by atoms with Crippen molar-refractivity contribution in [2.24, 2.45) is 0 Å². The molecule has 184 valence electrons. The number of benzene rings is 2. The maximum absolute atomic E-state index is 12.8. The summed E-state index contributed by atoms with van der Waals surface area (Å²) >= 11 is 3.43. The number of amides is 1. The van der Waals surface area contributed by atoms with Gasteiger partial charge in [0.25, 0.3) is 0 Å². The van der Waals surface area contributed by atoms with E-state index in [1.165, 1.54) is 12.1 Å². The van der Waals surface area contributed by atoms with E-state index in [-0.39, 0.29) is 11.9 Å². The van der Waals surface area contributed by atoms with E-state index < -0.39 is 11.7 Å². The zero-order valence-corrected chi connectivity index (χ0v) is 20.8. The Morgan fingerprint density at radius 1 is 1.14 bits per heavy atom. The molecule has 3 aromatic rings. The molecule has 9 heteroatoms. The Morgan fingerprint density at radius 2 is 1.80 bits per heavy atom. The van der Waals surface area contributed by atoms with Gasteiger partial charge in [-0.05, 0) is 48.7 Å². The quantitative estimate of drug-likeness (QED) is 0.392. The topological polar surface area (TPSA) is 52.2 Å². The van der Waals surface area contributed by atoms with Crippen molar-refractivity contribution in [2.45, 2.75) is 38.5 Å². The number of nitrogens with one attached hydrogen (secondary N) is 1. The molecule has 0 bridgehead atoms. The third kappa shape index (κ3) is 6.61. The van der Waals surface area contributed by atoms with Crippen molar-refractivity contribution in [1.82, 2.24) is 19.8 Å². The van der Waals surface area contributed by atoms with E-state index in [9.17, 15) is 18.0 Å². The summed E-state index contributed by atoms with van der Waals surface area (Å²) in [4.78, 5) is 23.9. The highest BCUT2D eigenvalue weighted by Crippen LogP contribution is 2.30. The van der Waals surface area contributed by atoms with Gasteiger partial charge < -0.3 is 9.88 Å². The van der Waals surface area contributed by atoms with Gasteiger partial charge in [0.1, 0.15) is 5.82 Å². The van der Waals surface area contributed by atoms with E-state index in [1.807, 2.05) is 41.4 Å². The zero-order chi connectivity index (χ0) is 25.0. The van der Waals surface area contributed by atoms with Crippen LogP contribution in [0.5, 0.6) is 0 Å². The number of aromatic nitrogens is 2. The number of piperidine rings is 1. The number of carbonyl (C=O) groups excluding carboxylic acids is 1. The van der Waals surface area contributed by atoms with E-state index in [1.54, 1.807) is 13.1 Å². The number of rotatable bonds is 6. The fraction of sp³-hybridized carbons (Fsp3) is 0.308. The molecule has 1 amide bonds. The first-order valence-electron chi connectivity index (χ1n) is 11.4. The molecule has 0 aliphatic carbocycles. The van der Waals surface area contributed by atoms with Crippen LogP contribution in [0, 0.1) is 0 Å². The monoisotopic (exact) mass is 546 g/mol. The summed E-state index contributed by atoms with van der Waals surface area (Å²) in [5, 5.41) is 0. The number of nitrogens with zero attached hydrogens (tertiary/aromatic N) is 3. The second-order valence-corrected chi connectivity index (χ2v) is 9.55. The minimum Gasteiger partial charge on any atom is -0.341 e. The van der Waals surface area contributed by atoms with E-state index in [4.69, 9.17) is 0 Å². The van der Waals surface area contributed by atoms with Crippen LogP contribution in [0.15, 0.2) is 65.4 Å². The maximum atomic E-state index is 12.8. The van der Waals surface area contributed by atoms with Crippen LogP contribution in [-0.4, -0.2) is 44.8 Å². The molecule has 1 aliphatic heterocycles. The maximum Gasteiger partial charge on any atom is 0.416 e. The van der Waals surface area contributed by atoms with Gasteiger partial charge in [0.15, 0.2) is 0 Å². The second-order valence-electron chi connectivity index (χ2n) is 8.63. The third-order valence-corrected chi connectivity index (χ3v) is 6.65. The molecule has 0 atom stereocenters. The number of likely N-dealkylation sites (tertiary alicyclic amines) is 1. The van der Waals surface area contributed by atoms with E-state index in [0.29, 0.717) is 17.9 Å². The number of H-pyrrole nitrogens is 1. The van der Waals surface area contributed by atoms with Gasteiger partial charge in [0.2, 0.25) is 5.91 Å².